The average Bonchev–Trinajstić information content (AvgIpc) is 3.37. The number of nitrogens with one attached hydrogen (secondary N) is 1. The fourth-order valence-corrected chi connectivity index (χ4v) is 5.25. The highest BCUT2D eigenvalue weighted by Crippen LogP contribution is 2.23. The van der Waals surface area contributed by atoms with E-state index in [1.54, 1.807) is 12.0 Å². The van der Waals surface area contributed by atoms with Gasteiger partial charge in [0, 0.05) is 43.7 Å². The molecule has 4 aromatic carbocycles. The number of nitrogens with two attached hydrogens (primary N) is 2. The summed E-state index contributed by atoms with van der Waals surface area (Å²) in [5.41, 5.74) is 19.1. The van der Waals surface area contributed by atoms with Gasteiger partial charge in [0.05, 0.1) is 18.1 Å². The van der Waals surface area contributed by atoms with E-state index in [1.165, 1.54) is 11.1 Å². The minimum Gasteiger partial charge on any atom is -0.497 e. The van der Waals surface area contributed by atoms with Gasteiger partial charge in [-0.1, -0.05) is 66.2 Å². The van der Waals surface area contributed by atoms with Crippen molar-refractivity contribution < 1.29 is 9.53 Å². The van der Waals surface area contributed by atoms with Gasteiger partial charge in [-0.15, -0.1) is 0 Å². The summed E-state index contributed by atoms with van der Waals surface area (Å²) >= 11 is 0. The van der Waals surface area contributed by atoms with Crippen molar-refractivity contribution in [3.8, 4) is 5.75 Å². The number of amidine groups is 1. The summed E-state index contributed by atoms with van der Waals surface area (Å²) in [5.74, 6) is 1.67. The van der Waals surface area contributed by atoms with Crippen molar-refractivity contribution in [2.24, 2.45) is 11.5 Å². The van der Waals surface area contributed by atoms with Crippen LogP contribution in [0.3, 0.4) is 0 Å². The first-order valence-electron chi connectivity index (χ1n) is 14.4. The number of benzene rings is 4. The number of hydrogen-bond acceptors (Lipinski definition) is 5. The molecule has 5 rings (SSSR count). The van der Waals surface area contributed by atoms with Crippen LogP contribution in [-0.2, 0) is 25.9 Å². The van der Waals surface area contributed by atoms with Gasteiger partial charge in [0.25, 0.3) is 5.91 Å². The number of nitrogen functional groups attached to an aromatic ring is 1. The number of imidazole rings is 1. The number of ether oxygens (including phenoxy) is 1. The lowest BCUT2D eigenvalue weighted by atomic mass is 10.1. The summed E-state index contributed by atoms with van der Waals surface area (Å²) in [6.45, 7) is 3.99. The quantitative estimate of drug-likeness (QED) is 0.142. The van der Waals surface area contributed by atoms with Crippen LogP contribution in [0.1, 0.15) is 44.0 Å². The molecule has 5 N–H and O–H groups in total. The van der Waals surface area contributed by atoms with Crippen LogP contribution in [0.15, 0.2) is 91.0 Å². The maximum atomic E-state index is 13.7. The zero-order valence-corrected chi connectivity index (χ0v) is 24.7. The third kappa shape index (κ3) is 7.10. The number of aryl methyl sites for hydroxylation is 3. The number of nitrogens with zero attached hydrogens (tertiary/aromatic N) is 3. The number of carbonyl (C=O) groups is 1. The van der Waals surface area contributed by atoms with E-state index in [0.717, 1.165) is 46.6 Å². The standard InChI is InChI=1S/C35H38N6O2/c1-24-6-8-26(9-7-24)23-41-32-16-15-29(35(42)40(19-18-36)22-27-4-3-5-30(20-27)43-2)21-31(32)39-33(41)17-12-25-10-13-28(14-11-25)34(37)38/h3-11,13-16,20-21H,12,17-19,22-23,36H2,1-2H3,(H3,37,38). The topological polar surface area (TPSA) is 123 Å². The van der Waals surface area contributed by atoms with E-state index >= 15 is 0 Å². The van der Waals surface area contributed by atoms with E-state index in [2.05, 4.69) is 35.8 Å². The second-order valence-corrected chi connectivity index (χ2v) is 10.8. The van der Waals surface area contributed by atoms with Gasteiger partial charge in [-0.2, -0.15) is 0 Å². The first-order valence-corrected chi connectivity index (χ1v) is 14.4. The molecule has 0 saturated carbocycles. The van der Waals surface area contributed by atoms with Gasteiger partial charge < -0.3 is 25.7 Å². The van der Waals surface area contributed by atoms with Crippen LogP contribution < -0.4 is 16.2 Å². The number of hydrogen-bond donors (Lipinski definition) is 3. The zero-order chi connectivity index (χ0) is 30.3. The van der Waals surface area contributed by atoms with Crippen LogP contribution in [0.4, 0.5) is 0 Å². The molecular formula is C35H38N6O2. The highest BCUT2D eigenvalue weighted by Gasteiger charge is 2.19. The molecule has 220 valence electrons. The molecule has 8 nitrogen and oxygen atoms in total. The van der Waals surface area contributed by atoms with Crippen molar-refractivity contribution in [3.63, 3.8) is 0 Å². The lowest BCUT2D eigenvalue weighted by Gasteiger charge is -2.22. The monoisotopic (exact) mass is 574 g/mol. The smallest absolute Gasteiger partial charge is 0.254 e. The Morgan fingerprint density at radius 2 is 1.63 bits per heavy atom. The Morgan fingerprint density at radius 1 is 0.907 bits per heavy atom. The predicted octanol–water partition coefficient (Wildman–Crippen LogP) is 5.07. The highest BCUT2D eigenvalue weighted by molar-refractivity contribution is 5.97. The molecule has 0 aliphatic heterocycles. The Balaban J connectivity index is 1.44. The van der Waals surface area contributed by atoms with Gasteiger partial charge in [0.15, 0.2) is 0 Å². The molecule has 0 bridgehead atoms. The fourth-order valence-electron chi connectivity index (χ4n) is 5.25. The number of carbonyl (C=O) groups excluding carboxylic acids is 1. The first kappa shape index (κ1) is 29.5. The summed E-state index contributed by atoms with van der Waals surface area (Å²) in [5, 5.41) is 7.65. The Kier molecular flexibility index (Phi) is 9.17. The predicted molar refractivity (Wildman–Crippen MR) is 172 cm³/mol. The first-order chi connectivity index (χ1) is 20.8. The molecule has 1 amide bonds. The molecule has 43 heavy (non-hydrogen) atoms. The van der Waals surface area contributed by atoms with Crippen LogP contribution in [0, 0.1) is 12.3 Å². The largest absolute Gasteiger partial charge is 0.497 e. The van der Waals surface area contributed by atoms with Gasteiger partial charge in [0.1, 0.15) is 17.4 Å². The van der Waals surface area contributed by atoms with Crippen molar-refractivity contribution >= 4 is 22.8 Å². The molecule has 1 heterocycles. The molecule has 0 radical (unpaired) electrons. The van der Waals surface area contributed by atoms with Crippen LogP contribution in [-0.4, -0.2) is 46.4 Å². The molecule has 0 aliphatic rings. The van der Waals surface area contributed by atoms with E-state index in [9.17, 15) is 4.79 Å². The normalized spacial score (nSPS) is 11.0. The summed E-state index contributed by atoms with van der Waals surface area (Å²) < 4.78 is 7.60. The number of methoxy groups -OCH3 is 1. The Bertz CT molecular complexity index is 1720. The van der Waals surface area contributed by atoms with E-state index < -0.39 is 0 Å². The second kappa shape index (κ2) is 13.4. The molecule has 0 unspecified atom stereocenters. The maximum Gasteiger partial charge on any atom is 0.254 e. The molecular weight excluding hydrogens is 536 g/mol. The van der Waals surface area contributed by atoms with E-state index in [1.807, 2.05) is 66.7 Å². The summed E-state index contributed by atoms with van der Waals surface area (Å²) in [6, 6.07) is 29.8. The Hall–Kier alpha value is -4.95. The summed E-state index contributed by atoms with van der Waals surface area (Å²) in [6.07, 6.45) is 1.50. The molecule has 8 heteroatoms. The number of aromatic nitrogens is 2. The van der Waals surface area contributed by atoms with Crippen LogP contribution in [0.25, 0.3) is 11.0 Å². The lowest BCUT2D eigenvalue weighted by Crippen LogP contribution is -2.34. The number of fused-ring (bicyclic) bond motifs is 1. The summed E-state index contributed by atoms with van der Waals surface area (Å²) in [7, 11) is 1.63. The molecule has 0 spiro atoms. The van der Waals surface area contributed by atoms with E-state index in [-0.39, 0.29) is 11.7 Å². The number of amides is 1. The summed E-state index contributed by atoms with van der Waals surface area (Å²) in [4.78, 5) is 20.5. The van der Waals surface area contributed by atoms with Crippen molar-refractivity contribution in [3.05, 3.63) is 130 Å². The highest BCUT2D eigenvalue weighted by atomic mass is 16.5. The maximum absolute atomic E-state index is 13.7. The van der Waals surface area contributed by atoms with Crippen LogP contribution >= 0.6 is 0 Å². The fraction of sp³-hybridized carbons (Fsp3) is 0.229. The van der Waals surface area contributed by atoms with Crippen LogP contribution in [0.5, 0.6) is 5.75 Å². The SMILES string of the molecule is COc1cccc(CN(CCN)C(=O)c2ccc3c(c2)nc(CCc2ccc(C(=N)N)cc2)n3Cc2ccc(C)cc2)c1. The molecule has 0 aliphatic carbocycles. The Morgan fingerprint density at radius 3 is 2.33 bits per heavy atom. The van der Waals surface area contributed by atoms with Gasteiger partial charge in [-0.05, 0) is 60.4 Å². The van der Waals surface area contributed by atoms with Crippen molar-refractivity contribution in [1.82, 2.24) is 14.5 Å². The Labute approximate surface area is 252 Å². The van der Waals surface area contributed by atoms with Gasteiger partial charge in [-0.25, -0.2) is 4.98 Å². The molecule has 5 aromatic rings. The van der Waals surface area contributed by atoms with Crippen molar-refractivity contribution in [2.75, 3.05) is 20.2 Å². The van der Waals surface area contributed by atoms with Crippen molar-refractivity contribution in [1.29, 1.82) is 5.41 Å². The van der Waals surface area contributed by atoms with Crippen LogP contribution in [0.2, 0.25) is 0 Å². The number of rotatable bonds is 12. The molecule has 1 aromatic heterocycles. The molecule has 0 saturated heterocycles. The third-order valence-corrected chi connectivity index (χ3v) is 7.63. The average molecular weight is 575 g/mol. The van der Waals surface area contributed by atoms with Gasteiger partial charge in [-0.3, -0.25) is 10.2 Å². The van der Waals surface area contributed by atoms with Gasteiger partial charge in [0.2, 0.25) is 0 Å². The molecule has 0 atom stereocenters. The minimum absolute atomic E-state index is 0.0605. The third-order valence-electron chi connectivity index (χ3n) is 7.63. The molecule has 0 fully saturated rings. The van der Waals surface area contributed by atoms with E-state index in [4.69, 9.17) is 26.6 Å². The zero-order valence-electron chi connectivity index (χ0n) is 24.7. The van der Waals surface area contributed by atoms with Gasteiger partial charge >= 0.3 is 0 Å². The second-order valence-electron chi connectivity index (χ2n) is 10.8. The van der Waals surface area contributed by atoms with Crippen molar-refractivity contribution in [2.45, 2.75) is 32.9 Å². The van der Waals surface area contributed by atoms with E-state index in [0.29, 0.717) is 37.3 Å². The lowest BCUT2D eigenvalue weighted by molar-refractivity contribution is 0.0748. The minimum atomic E-state index is -0.0876.